The lowest BCUT2D eigenvalue weighted by Crippen LogP contribution is -2.55. The minimum absolute atomic E-state index is 0.0202. The van der Waals surface area contributed by atoms with Crippen LogP contribution < -0.4 is 15.4 Å². The number of imide groups is 1. The van der Waals surface area contributed by atoms with E-state index in [2.05, 4.69) is 10.6 Å². The molecule has 0 radical (unpaired) electrons. The molecule has 8 amide bonds. The number of ether oxygens (including phenoxy) is 7. The number of ketones is 1. The third-order valence-electron chi connectivity index (χ3n) is 16.7. The number of likely N-dealkylation sites (tertiary alicyclic amines) is 1. The van der Waals surface area contributed by atoms with Gasteiger partial charge in [0, 0.05) is 67.1 Å². The lowest BCUT2D eigenvalue weighted by molar-refractivity contribution is -0.199. The highest BCUT2D eigenvalue weighted by Gasteiger charge is 2.44. The van der Waals surface area contributed by atoms with Crippen LogP contribution in [0.1, 0.15) is 118 Å². The summed E-state index contributed by atoms with van der Waals surface area (Å²) < 4.78 is 39.0. The number of hydrogen-bond donors (Lipinski definition) is 3. The number of benzene rings is 2. The summed E-state index contributed by atoms with van der Waals surface area (Å²) in [6.07, 6.45) is -1.64. The lowest BCUT2D eigenvalue weighted by Gasteiger charge is -2.41. The molecule has 12 atom stereocenters. The van der Waals surface area contributed by atoms with E-state index in [0.29, 0.717) is 42.0 Å². The molecule has 2 unspecified atom stereocenters. The molecule has 0 spiro atoms. The van der Waals surface area contributed by atoms with Gasteiger partial charge in [-0.3, -0.25) is 28.8 Å². The Balaban J connectivity index is 1.19. The first-order chi connectivity index (χ1) is 42.7. The van der Waals surface area contributed by atoms with E-state index in [1.807, 2.05) is 45.9 Å². The Morgan fingerprint density at radius 2 is 1.47 bits per heavy atom. The summed E-state index contributed by atoms with van der Waals surface area (Å²) in [5.41, 5.74) is 1.12. The van der Waals surface area contributed by atoms with Crippen LogP contribution in [0.25, 0.3) is 0 Å². The maximum Gasteiger partial charge on any atom is 0.413 e. The molecule has 26 heteroatoms. The van der Waals surface area contributed by atoms with Crippen molar-refractivity contribution in [2.45, 2.75) is 162 Å². The molecule has 498 valence electrons. The van der Waals surface area contributed by atoms with Crippen molar-refractivity contribution in [1.82, 2.24) is 35.3 Å². The maximum atomic E-state index is 14.8. The van der Waals surface area contributed by atoms with Gasteiger partial charge in [0.2, 0.25) is 17.7 Å². The third-order valence-corrected chi connectivity index (χ3v) is 16.7. The second-order valence-corrected chi connectivity index (χ2v) is 23.9. The fourth-order valence-electron chi connectivity index (χ4n) is 11.4. The van der Waals surface area contributed by atoms with Crippen LogP contribution in [0, 0.1) is 29.6 Å². The number of rotatable bonds is 30. The molecule has 2 fully saturated rings. The number of carbonyl (C=O) groups is 10. The van der Waals surface area contributed by atoms with Crippen molar-refractivity contribution in [3.63, 3.8) is 0 Å². The van der Waals surface area contributed by atoms with Gasteiger partial charge in [-0.2, -0.15) is 0 Å². The van der Waals surface area contributed by atoms with Gasteiger partial charge in [-0.05, 0) is 66.9 Å². The van der Waals surface area contributed by atoms with Gasteiger partial charge in [0.05, 0.1) is 74.6 Å². The fourth-order valence-corrected chi connectivity index (χ4v) is 11.4. The normalized spacial score (nSPS) is 19.7. The molecule has 0 aromatic heterocycles. The van der Waals surface area contributed by atoms with Crippen LogP contribution in [0.4, 0.5) is 14.4 Å². The summed E-state index contributed by atoms with van der Waals surface area (Å²) in [4.78, 5) is 146. The standard InChI is InChI=1S/C64H93N7O19/c1-14-40(6)56(51(83-12)33-54(75)70-30-18-23-49(70)58(84-13)41(7)59(77)65-42(8)57(76)44-20-16-15-17-21-44)68(10)60(78)47(38(2)3)32-50(72)55(39(4)5)69(11)64(82)87-35-43-24-26-45(27-25-43)88-62(80)66-48(61(79)90-71-52(73)28-29-53(71)74)34-67(9)63(81)89-46-22-19-31-85-37-86-36-46/h15-17,19-22,24-27,38-42,46-49,51,55-58,76H,14,18,23,28-37H2,1-13H3,(H,65,77)(H,66,80)/b22-19+/t40-,41+,42+,46?,47+,48?,49-,51+,55-,56-,57+,58+/m0/s1. The number of hydrogen-bond acceptors (Lipinski definition) is 19. The van der Waals surface area contributed by atoms with Crippen LogP contribution in [0.2, 0.25) is 0 Å². The van der Waals surface area contributed by atoms with Crippen molar-refractivity contribution in [2.24, 2.45) is 29.6 Å². The van der Waals surface area contributed by atoms with E-state index in [1.54, 1.807) is 68.8 Å². The Labute approximate surface area is 527 Å². The Kier molecular flexibility index (Phi) is 28.6. The van der Waals surface area contributed by atoms with E-state index < -0.39 is 115 Å². The molecule has 0 saturated carbocycles. The molecule has 3 aliphatic rings. The van der Waals surface area contributed by atoms with Crippen LogP contribution in [-0.4, -0.2) is 206 Å². The van der Waals surface area contributed by atoms with E-state index in [4.69, 9.17) is 38.0 Å². The number of hydroxylamine groups is 2. The number of aliphatic hydroxyl groups excluding tert-OH is 1. The summed E-state index contributed by atoms with van der Waals surface area (Å²) in [5.74, 6) is -6.46. The Hall–Kier alpha value is -7.52. The van der Waals surface area contributed by atoms with E-state index in [-0.39, 0.29) is 93.4 Å². The molecular formula is C64H93N7O19. The molecule has 90 heavy (non-hydrogen) atoms. The summed E-state index contributed by atoms with van der Waals surface area (Å²) in [5, 5.41) is 16.5. The van der Waals surface area contributed by atoms with Gasteiger partial charge in [0.25, 0.3) is 11.8 Å². The molecule has 3 heterocycles. The number of nitrogens with one attached hydrogen (secondary N) is 2. The highest BCUT2D eigenvalue weighted by Crippen LogP contribution is 2.32. The predicted octanol–water partition coefficient (Wildman–Crippen LogP) is 5.73. The van der Waals surface area contributed by atoms with Crippen molar-refractivity contribution in [3.8, 4) is 5.75 Å². The largest absolute Gasteiger partial charge is 0.445 e. The van der Waals surface area contributed by atoms with Crippen molar-refractivity contribution in [3.05, 3.63) is 77.9 Å². The van der Waals surface area contributed by atoms with Crippen LogP contribution in [-0.2, 0) is 73.4 Å². The maximum absolute atomic E-state index is 14.8. The molecule has 2 aromatic carbocycles. The van der Waals surface area contributed by atoms with Gasteiger partial charge < -0.3 is 73.3 Å². The number of likely N-dealkylation sites (N-methyl/N-ethyl adjacent to an activating group) is 3. The number of Topliss-reactive ketones (excluding diaryl/α,β-unsaturated/α-hetero) is 1. The summed E-state index contributed by atoms with van der Waals surface area (Å²) >= 11 is 0. The monoisotopic (exact) mass is 1260 g/mol. The van der Waals surface area contributed by atoms with Gasteiger partial charge in [-0.1, -0.05) is 103 Å². The first-order valence-corrected chi connectivity index (χ1v) is 30.7. The second kappa shape index (κ2) is 35.2. The number of aliphatic hydroxyl groups is 1. The van der Waals surface area contributed by atoms with Gasteiger partial charge in [0.1, 0.15) is 31.3 Å². The number of methoxy groups -OCH3 is 2. The smallest absolute Gasteiger partial charge is 0.413 e. The first kappa shape index (κ1) is 73.2. The highest BCUT2D eigenvalue weighted by atomic mass is 16.7. The van der Waals surface area contributed by atoms with E-state index >= 15 is 0 Å². The average Bonchev–Trinajstić information content (AvgIpc) is 1.50. The lowest BCUT2D eigenvalue weighted by atomic mass is 9.83. The summed E-state index contributed by atoms with van der Waals surface area (Å²) in [7, 11) is 7.41. The Morgan fingerprint density at radius 3 is 2.08 bits per heavy atom. The molecular weight excluding hydrogens is 1170 g/mol. The van der Waals surface area contributed by atoms with Crippen molar-refractivity contribution >= 4 is 59.6 Å². The van der Waals surface area contributed by atoms with Crippen LogP contribution in [0.5, 0.6) is 5.75 Å². The predicted molar refractivity (Wildman–Crippen MR) is 325 cm³/mol. The molecule has 26 nitrogen and oxygen atoms in total. The molecule has 0 aliphatic carbocycles. The number of amides is 8. The molecule has 5 rings (SSSR count). The number of carbonyl (C=O) groups excluding carboxylic acids is 10. The summed E-state index contributed by atoms with van der Waals surface area (Å²) in [6, 6.07) is 10.5. The zero-order chi connectivity index (χ0) is 66.5. The third kappa shape index (κ3) is 20.2. The van der Waals surface area contributed by atoms with Crippen LogP contribution in [0.15, 0.2) is 66.7 Å². The van der Waals surface area contributed by atoms with Crippen molar-refractivity contribution in [2.75, 3.05) is 68.5 Å². The van der Waals surface area contributed by atoms with E-state index in [9.17, 15) is 53.1 Å². The zero-order valence-electron chi connectivity index (χ0n) is 54.2. The topological polar surface area (TPSA) is 305 Å². The molecule has 0 bridgehead atoms. The van der Waals surface area contributed by atoms with Crippen molar-refractivity contribution < 1.29 is 91.0 Å². The van der Waals surface area contributed by atoms with E-state index in [0.717, 1.165) is 4.90 Å². The van der Waals surface area contributed by atoms with Crippen LogP contribution in [0.3, 0.4) is 0 Å². The average molecular weight is 1260 g/mol. The van der Waals surface area contributed by atoms with Gasteiger partial charge in [-0.15, -0.1) is 5.06 Å². The number of nitrogens with zero attached hydrogens (tertiary/aromatic N) is 5. The minimum Gasteiger partial charge on any atom is -0.445 e. The van der Waals surface area contributed by atoms with Gasteiger partial charge >= 0.3 is 24.2 Å². The second-order valence-electron chi connectivity index (χ2n) is 23.9. The van der Waals surface area contributed by atoms with Crippen molar-refractivity contribution in [1.29, 1.82) is 0 Å². The quantitative estimate of drug-likeness (QED) is 0.0621. The summed E-state index contributed by atoms with van der Waals surface area (Å²) in [6.45, 7) is 14.5. The van der Waals surface area contributed by atoms with Gasteiger partial charge in [0.15, 0.2) is 5.78 Å². The highest BCUT2D eigenvalue weighted by molar-refractivity contribution is 6.02. The zero-order valence-corrected chi connectivity index (χ0v) is 54.2. The van der Waals surface area contributed by atoms with Gasteiger partial charge in [-0.25, -0.2) is 19.2 Å². The fraction of sp³-hybridized carbons (Fsp3) is 0.625. The Morgan fingerprint density at radius 1 is 0.800 bits per heavy atom. The molecule has 3 aliphatic heterocycles. The molecule has 2 aromatic rings. The SMILES string of the molecule is CC[C@H](C)[C@@H]([C@@H](CC(=O)N1CCC[C@H]1[C@H](OC)[C@@H](C)C(=O)N[C@H](C)[C@@H](O)c1ccccc1)OC)N(C)C(=O)[C@H](CC(=O)[C@H](C(C)C)N(C)C(=O)OCc1ccc(OC(=O)NC(CN(C)C(=O)OC2/C=C/COCOC2)C(=O)ON2C(=O)CCC2=O)cc1)C(C)C. The first-order valence-electron chi connectivity index (χ1n) is 30.7. The Bertz CT molecular complexity index is 2770. The molecule has 3 N–H and O–H groups in total. The van der Waals surface area contributed by atoms with E-state index in [1.165, 1.54) is 57.5 Å². The molecule has 2 saturated heterocycles. The van der Waals surface area contributed by atoms with Crippen LogP contribution >= 0.6 is 0 Å². The minimum atomic E-state index is -1.67.